The van der Waals surface area contributed by atoms with E-state index in [-0.39, 0.29) is 23.9 Å². The fourth-order valence-corrected chi connectivity index (χ4v) is 3.39. The smallest absolute Gasteiger partial charge is 0.254 e. The molecule has 8 heteroatoms. The van der Waals surface area contributed by atoms with Crippen LogP contribution in [0, 0.1) is 0 Å². The maximum absolute atomic E-state index is 12.1. The van der Waals surface area contributed by atoms with Crippen LogP contribution in [0.5, 0.6) is 0 Å². The van der Waals surface area contributed by atoms with Gasteiger partial charge < -0.3 is 16.0 Å². The molecule has 0 aliphatic heterocycles. The molecular formula is C24H26ClN5O2. The fraction of sp³-hybridized carbons (Fsp3) is 0.250. The van der Waals surface area contributed by atoms with E-state index in [9.17, 15) is 9.59 Å². The number of carbonyl (C=O) groups excluding carboxylic acids is 2. The number of nitrogens with two attached hydrogens (primary N) is 1. The van der Waals surface area contributed by atoms with Gasteiger partial charge >= 0.3 is 0 Å². The molecule has 0 aliphatic rings. The third-order valence-corrected chi connectivity index (χ3v) is 5.44. The summed E-state index contributed by atoms with van der Waals surface area (Å²) in [6.45, 7) is 1.98. The minimum atomic E-state index is -0.602. The second-order valence-corrected chi connectivity index (χ2v) is 8.16. The average molecular weight is 452 g/mol. The van der Waals surface area contributed by atoms with E-state index < -0.39 is 5.91 Å². The number of nitrogens with zero attached hydrogens (tertiary/aromatic N) is 3. The molecule has 32 heavy (non-hydrogen) atoms. The minimum absolute atomic E-state index is 0.0347. The number of aromatic nitrogens is 2. The molecule has 1 atom stereocenters. The van der Waals surface area contributed by atoms with Crippen molar-refractivity contribution in [3.05, 3.63) is 87.8 Å². The number of halogens is 1. The molecule has 0 aliphatic carbocycles. The van der Waals surface area contributed by atoms with Crippen molar-refractivity contribution in [1.82, 2.24) is 14.9 Å². The number of rotatable bonds is 8. The molecule has 3 N–H and O–H groups in total. The van der Waals surface area contributed by atoms with Crippen molar-refractivity contribution >= 4 is 29.2 Å². The summed E-state index contributed by atoms with van der Waals surface area (Å²) in [5.41, 5.74) is 8.46. The molecule has 1 aromatic heterocycles. The monoisotopic (exact) mass is 451 g/mol. The van der Waals surface area contributed by atoms with E-state index in [4.69, 9.17) is 17.3 Å². The molecule has 0 radical (unpaired) electrons. The van der Waals surface area contributed by atoms with E-state index in [0.29, 0.717) is 23.1 Å². The summed E-state index contributed by atoms with van der Waals surface area (Å²) in [5.74, 6) is 0.267. The number of likely N-dealkylation sites (N-methyl/N-ethyl adjacent to an activating group) is 1. The van der Waals surface area contributed by atoms with Crippen LogP contribution < -0.4 is 11.1 Å². The van der Waals surface area contributed by atoms with Crippen molar-refractivity contribution in [3.8, 4) is 0 Å². The molecule has 0 saturated carbocycles. The lowest BCUT2D eigenvalue weighted by atomic mass is 10.0. The normalized spacial score (nSPS) is 11.6. The van der Waals surface area contributed by atoms with Gasteiger partial charge in [0.25, 0.3) is 5.91 Å². The van der Waals surface area contributed by atoms with Gasteiger partial charge in [0.15, 0.2) is 0 Å². The molecule has 0 bridgehead atoms. The Balaban J connectivity index is 1.85. The highest BCUT2D eigenvalue weighted by molar-refractivity contribution is 6.31. The average Bonchev–Trinajstić information content (AvgIpc) is 2.76. The number of benzene rings is 2. The fourth-order valence-electron chi connectivity index (χ4n) is 3.20. The van der Waals surface area contributed by atoms with Crippen molar-refractivity contribution < 1.29 is 9.59 Å². The lowest BCUT2D eigenvalue weighted by molar-refractivity contribution is -0.127. The Morgan fingerprint density at radius 3 is 2.53 bits per heavy atom. The van der Waals surface area contributed by atoms with E-state index >= 15 is 0 Å². The Bertz CT molecular complexity index is 1120. The van der Waals surface area contributed by atoms with E-state index in [0.717, 1.165) is 16.7 Å². The molecule has 7 nitrogen and oxygen atoms in total. The highest BCUT2D eigenvalue weighted by Gasteiger charge is 2.16. The number of hydrogen-bond donors (Lipinski definition) is 2. The number of anilines is 1. The van der Waals surface area contributed by atoms with Gasteiger partial charge in [0.1, 0.15) is 11.6 Å². The van der Waals surface area contributed by atoms with E-state index in [1.807, 2.05) is 49.4 Å². The highest BCUT2D eigenvalue weighted by atomic mass is 35.5. The van der Waals surface area contributed by atoms with Gasteiger partial charge in [-0.05, 0) is 29.7 Å². The third kappa shape index (κ3) is 5.82. The lowest BCUT2D eigenvalue weighted by Crippen LogP contribution is -2.23. The summed E-state index contributed by atoms with van der Waals surface area (Å²) < 4.78 is 0. The predicted molar refractivity (Wildman–Crippen MR) is 126 cm³/mol. The highest BCUT2D eigenvalue weighted by Crippen LogP contribution is 2.23. The number of hydrogen-bond acceptors (Lipinski definition) is 5. The van der Waals surface area contributed by atoms with Crippen LogP contribution in [-0.2, 0) is 17.6 Å². The summed E-state index contributed by atoms with van der Waals surface area (Å²) >= 11 is 6.28. The first-order valence-electron chi connectivity index (χ1n) is 10.2. The van der Waals surface area contributed by atoms with Crippen LogP contribution in [0.1, 0.15) is 45.8 Å². The predicted octanol–water partition coefficient (Wildman–Crippen LogP) is 3.62. The molecule has 0 unspecified atom stereocenters. The van der Waals surface area contributed by atoms with Crippen molar-refractivity contribution in [2.75, 3.05) is 19.4 Å². The van der Waals surface area contributed by atoms with Crippen LogP contribution in [0.4, 0.5) is 5.82 Å². The number of amides is 2. The molecule has 166 valence electrons. The van der Waals surface area contributed by atoms with Gasteiger partial charge in [0.2, 0.25) is 5.91 Å². The van der Waals surface area contributed by atoms with Gasteiger partial charge in [-0.15, -0.1) is 0 Å². The van der Waals surface area contributed by atoms with Crippen molar-refractivity contribution in [2.45, 2.75) is 25.8 Å². The van der Waals surface area contributed by atoms with Gasteiger partial charge in [0.05, 0.1) is 12.0 Å². The zero-order valence-corrected chi connectivity index (χ0v) is 19.1. The summed E-state index contributed by atoms with van der Waals surface area (Å²) in [4.78, 5) is 34.4. The lowest BCUT2D eigenvalue weighted by Gasteiger charge is -2.17. The van der Waals surface area contributed by atoms with Crippen LogP contribution >= 0.6 is 11.6 Å². The summed E-state index contributed by atoms with van der Waals surface area (Å²) in [7, 11) is 3.42. The molecule has 0 saturated heterocycles. The van der Waals surface area contributed by atoms with Gasteiger partial charge in [-0.2, -0.15) is 0 Å². The zero-order valence-electron chi connectivity index (χ0n) is 18.3. The first-order chi connectivity index (χ1) is 15.2. The van der Waals surface area contributed by atoms with Gasteiger partial charge in [-0.3, -0.25) is 9.59 Å². The molecular weight excluding hydrogens is 426 g/mol. The zero-order chi connectivity index (χ0) is 23.3. The van der Waals surface area contributed by atoms with E-state index in [2.05, 4.69) is 15.3 Å². The number of carbonyl (C=O) groups is 2. The Labute approximate surface area is 192 Å². The summed E-state index contributed by atoms with van der Waals surface area (Å²) in [6, 6.07) is 15.3. The Morgan fingerprint density at radius 2 is 1.88 bits per heavy atom. The summed E-state index contributed by atoms with van der Waals surface area (Å²) in [5, 5.41) is 3.81. The molecule has 3 aromatic rings. The summed E-state index contributed by atoms with van der Waals surface area (Å²) in [6.07, 6.45) is 2.06. The number of primary amides is 1. The van der Waals surface area contributed by atoms with E-state index in [1.54, 1.807) is 20.2 Å². The third-order valence-electron chi connectivity index (χ3n) is 5.07. The van der Waals surface area contributed by atoms with Gasteiger partial charge in [-0.1, -0.05) is 54.1 Å². The molecule has 2 aromatic carbocycles. The molecule has 0 fully saturated rings. The molecule has 2 amide bonds. The standard InChI is InChI=1S/C24H26ClN5O2/c1-15(17-7-5-4-6-8-17)28-24-19(23(26)32)14-27-21(29-24)12-16-9-10-20(25)18(11-16)13-22(31)30(2)3/h4-11,14-15H,12-13H2,1-3H3,(H2,26,32)(H,27,28,29)/t15-/m1/s1. The maximum Gasteiger partial charge on any atom is 0.254 e. The Hall–Kier alpha value is -3.45. The van der Waals surface area contributed by atoms with Crippen LogP contribution in [0.15, 0.2) is 54.7 Å². The first kappa shape index (κ1) is 23.2. The van der Waals surface area contributed by atoms with Crippen LogP contribution in [-0.4, -0.2) is 40.8 Å². The van der Waals surface area contributed by atoms with E-state index in [1.165, 1.54) is 11.1 Å². The van der Waals surface area contributed by atoms with Crippen molar-refractivity contribution in [3.63, 3.8) is 0 Å². The molecule has 3 rings (SSSR count). The second kappa shape index (κ2) is 10.2. The SMILES string of the molecule is C[C@@H](Nc1nc(Cc2ccc(Cl)c(CC(=O)N(C)C)c2)ncc1C(N)=O)c1ccccc1. The second-order valence-electron chi connectivity index (χ2n) is 7.76. The molecule has 1 heterocycles. The van der Waals surface area contributed by atoms with Crippen LogP contribution in [0.3, 0.4) is 0 Å². The molecule has 0 spiro atoms. The van der Waals surface area contributed by atoms with Crippen LogP contribution in [0.25, 0.3) is 0 Å². The first-order valence-corrected chi connectivity index (χ1v) is 10.6. The number of nitrogens with one attached hydrogen (secondary N) is 1. The Kier molecular flexibility index (Phi) is 7.43. The maximum atomic E-state index is 12.1. The van der Waals surface area contributed by atoms with Gasteiger partial charge in [-0.25, -0.2) is 9.97 Å². The van der Waals surface area contributed by atoms with Gasteiger partial charge in [0, 0.05) is 37.8 Å². The van der Waals surface area contributed by atoms with Crippen molar-refractivity contribution in [1.29, 1.82) is 0 Å². The largest absolute Gasteiger partial charge is 0.365 e. The quantitative estimate of drug-likeness (QED) is 0.544. The van der Waals surface area contributed by atoms with Crippen LogP contribution in [0.2, 0.25) is 5.02 Å². The minimum Gasteiger partial charge on any atom is -0.365 e. The topological polar surface area (TPSA) is 101 Å². The Morgan fingerprint density at radius 1 is 1.16 bits per heavy atom. The van der Waals surface area contributed by atoms with Crippen molar-refractivity contribution in [2.24, 2.45) is 5.73 Å².